The van der Waals surface area contributed by atoms with Gasteiger partial charge in [0.25, 0.3) is 15.6 Å². The van der Waals surface area contributed by atoms with Crippen molar-refractivity contribution in [3.05, 3.63) is 0 Å². The standard InChI is InChI=1S/C23H38O16P2/c1-12-15-18(29-5)22(36-12,8-30-15)10-33-40(24,25)39-20-17-14(3)37-23(20,9-32-17)11-34-41(26,27)38-19-16-13(2)35-21(19,6-28-4)7-31-16/h12-20H,6-11H2,1-5H3,(H,24,25)(H,26,27)/p-2/t12?,13?,14?,15-,16-,17-,18-,19-,20-,21?,22?,23?/m1/s1. The van der Waals surface area contributed by atoms with E-state index in [0.717, 1.165) is 0 Å². The molecule has 0 aliphatic carbocycles. The Morgan fingerprint density at radius 2 is 1.02 bits per heavy atom. The van der Waals surface area contributed by atoms with Gasteiger partial charge < -0.3 is 65.8 Å². The molecule has 6 bridgehead atoms. The van der Waals surface area contributed by atoms with Crippen LogP contribution in [0, 0.1) is 0 Å². The number of phosphoric ester groups is 2. The highest BCUT2D eigenvalue weighted by Crippen LogP contribution is 2.55. The van der Waals surface area contributed by atoms with Crippen molar-refractivity contribution in [3.63, 3.8) is 0 Å². The molecule has 0 saturated carbocycles. The summed E-state index contributed by atoms with van der Waals surface area (Å²) in [5, 5.41) is 0. The Balaban J connectivity index is 1.11. The smallest absolute Gasteiger partial charge is 0.268 e. The molecule has 16 nitrogen and oxygen atoms in total. The summed E-state index contributed by atoms with van der Waals surface area (Å²) >= 11 is 0. The minimum Gasteiger partial charge on any atom is -0.756 e. The molecule has 41 heavy (non-hydrogen) atoms. The zero-order valence-electron chi connectivity index (χ0n) is 23.4. The van der Waals surface area contributed by atoms with Crippen LogP contribution in [0.25, 0.3) is 0 Å². The van der Waals surface area contributed by atoms with Gasteiger partial charge in [-0.2, -0.15) is 0 Å². The van der Waals surface area contributed by atoms with E-state index in [1.165, 1.54) is 14.2 Å². The number of rotatable bonds is 13. The van der Waals surface area contributed by atoms with E-state index in [9.17, 15) is 18.9 Å². The summed E-state index contributed by atoms with van der Waals surface area (Å²) in [6.07, 6.45) is -5.92. The lowest BCUT2D eigenvalue weighted by Gasteiger charge is -2.37. The molecular weight excluding hydrogens is 594 g/mol. The molecule has 18 heteroatoms. The fraction of sp³-hybridized carbons (Fsp3) is 1.00. The van der Waals surface area contributed by atoms with Crippen LogP contribution >= 0.6 is 15.6 Å². The summed E-state index contributed by atoms with van der Waals surface area (Å²) in [6, 6.07) is 0. The third kappa shape index (κ3) is 5.21. The fourth-order valence-electron chi connectivity index (χ4n) is 6.97. The molecule has 6 saturated heterocycles. The molecule has 0 spiro atoms. The van der Waals surface area contributed by atoms with Crippen LogP contribution in [0.3, 0.4) is 0 Å². The lowest BCUT2D eigenvalue weighted by atomic mass is 10.00. The molecule has 6 fully saturated rings. The second-order valence-electron chi connectivity index (χ2n) is 11.6. The van der Waals surface area contributed by atoms with Crippen molar-refractivity contribution in [2.75, 3.05) is 53.9 Å². The molecule has 0 radical (unpaired) electrons. The van der Waals surface area contributed by atoms with Gasteiger partial charge in [0.15, 0.2) is 0 Å². The first-order valence-electron chi connectivity index (χ1n) is 13.5. The minimum atomic E-state index is -4.99. The van der Waals surface area contributed by atoms with Crippen molar-refractivity contribution >= 4 is 15.6 Å². The topological polar surface area (TPSA) is 191 Å². The summed E-state index contributed by atoms with van der Waals surface area (Å²) in [4.78, 5) is 26.0. The van der Waals surface area contributed by atoms with E-state index in [1.807, 2.05) is 0 Å². The van der Waals surface area contributed by atoms with E-state index in [4.69, 9.17) is 56.0 Å². The first-order chi connectivity index (χ1) is 19.3. The van der Waals surface area contributed by atoms with E-state index < -0.39 is 88.4 Å². The lowest BCUT2D eigenvalue weighted by Crippen LogP contribution is -2.48. The van der Waals surface area contributed by atoms with E-state index in [2.05, 4.69) is 0 Å². The maximum absolute atomic E-state index is 13.0. The van der Waals surface area contributed by atoms with E-state index in [1.54, 1.807) is 20.8 Å². The first-order valence-corrected chi connectivity index (χ1v) is 16.4. The van der Waals surface area contributed by atoms with Gasteiger partial charge in [-0.1, -0.05) is 0 Å². The zero-order chi connectivity index (χ0) is 29.4. The molecule has 14 atom stereocenters. The number of fused-ring (bicyclic) bond motifs is 6. The molecule has 0 aromatic heterocycles. The predicted octanol–water partition coefficient (Wildman–Crippen LogP) is -0.943. The van der Waals surface area contributed by atoms with Gasteiger partial charge in [0.1, 0.15) is 53.4 Å². The summed E-state index contributed by atoms with van der Waals surface area (Å²) in [5.41, 5.74) is -3.79. The molecule has 6 rings (SSSR count). The Morgan fingerprint density at radius 3 is 1.39 bits per heavy atom. The monoisotopic (exact) mass is 630 g/mol. The van der Waals surface area contributed by atoms with Gasteiger partial charge in [-0.25, -0.2) is 0 Å². The predicted molar refractivity (Wildman–Crippen MR) is 129 cm³/mol. The van der Waals surface area contributed by atoms with Crippen molar-refractivity contribution in [2.24, 2.45) is 0 Å². The first kappa shape index (κ1) is 30.9. The molecule has 6 aliphatic rings. The van der Waals surface area contributed by atoms with Gasteiger partial charge >= 0.3 is 0 Å². The summed E-state index contributed by atoms with van der Waals surface area (Å²) in [6.45, 7) is 4.23. The van der Waals surface area contributed by atoms with E-state index in [-0.39, 0.29) is 38.6 Å². The van der Waals surface area contributed by atoms with Crippen LogP contribution in [0.4, 0.5) is 0 Å². The molecular formula is C23H36O16P2-2. The molecule has 0 N–H and O–H groups in total. The Morgan fingerprint density at radius 1 is 0.659 bits per heavy atom. The van der Waals surface area contributed by atoms with Gasteiger partial charge in [0.05, 0.1) is 58.0 Å². The summed E-state index contributed by atoms with van der Waals surface area (Å²) < 4.78 is 92.9. The number of methoxy groups -OCH3 is 2. The van der Waals surface area contributed by atoms with Crippen LogP contribution < -0.4 is 9.79 Å². The maximum Gasteiger partial charge on any atom is 0.268 e. The van der Waals surface area contributed by atoms with Crippen molar-refractivity contribution in [1.29, 1.82) is 0 Å². The normalized spacial score (nSPS) is 51.0. The van der Waals surface area contributed by atoms with Gasteiger partial charge in [-0.05, 0) is 20.8 Å². The molecule has 0 aromatic rings. The highest BCUT2D eigenvalue weighted by molar-refractivity contribution is 7.46. The Labute approximate surface area is 237 Å². The van der Waals surface area contributed by atoms with Crippen LogP contribution in [0.1, 0.15) is 20.8 Å². The van der Waals surface area contributed by atoms with Crippen LogP contribution in [0.2, 0.25) is 0 Å². The fourth-order valence-corrected chi connectivity index (χ4v) is 9.03. The average molecular weight is 630 g/mol. The van der Waals surface area contributed by atoms with Crippen molar-refractivity contribution in [2.45, 2.75) is 92.5 Å². The zero-order valence-corrected chi connectivity index (χ0v) is 25.2. The summed E-state index contributed by atoms with van der Waals surface area (Å²) in [7, 11) is -7.04. The molecule has 6 heterocycles. The third-order valence-corrected chi connectivity index (χ3v) is 10.6. The number of hydrogen-bond acceptors (Lipinski definition) is 16. The van der Waals surface area contributed by atoms with E-state index in [0.29, 0.717) is 0 Å². The van der Waals surface area contributed by atoms with Crippen LogP contribution in [-0.4, -0.2) is 126 Å². The van der Waals surface area contributed by atoms with Gasteiger partial charge in [0, 0.05) is 14.2 Å². The highest BCUT2D eigenvalue weighted by Gasteiger charge is 2.65. The molecule has 236 valence electrons. The lowest BCUT2D eigenvalue weighted by molar-refractivity contribution is -0.247. The van der Waals surface area contributed by atoms with Crippen molar-refractivity contribution in [1.82, 2.24) is 0 Å². The second kappa shape index (κ2) is 10.8. The Kier molecular flexibility index (Phi) is 8.11. The second-order valence-corrected chi connectivity index (χ2v) is 14.3. The van der Waals surface area contributed by atoms with Crippen LogP contribution in [-0.2, 0) is 65.1 Å². The van der Waals surface area contributed by atoms with Crippen LogP contribution in [0.5, 0.6) is 0 Å². The SMILES string of the molecule is COCC12CO[C@H](C(C)O1)[C@H]2OP(=O)([O-])OCC12CO[C@H](C(C)O1)[C@H]2OP(=O)([O-])OCC12CO[C@H](C(C)O1)[C@H]2OC. The number of ether oxygens (including phenoxy) is 8. The Hall–Kier alpha value is -0.100. The van der Waals surface area contributed by atoms with Gasteiger partial charge in [0.2, 0.25) is 0 Å². The molecule has 6 aliphatic heterocycles. The highest BCUT2D eigenvalue weighted by atomic mass is 31.2. The third-order valence-electron chi connectivity index (χ3n) is 8.72. The molecule has 8 unspecified atom stereocenters. The van der Waals surface area contributed by atoms with E-state index >= 15 is 0 Å². The van der Waals surface area contributed by atoms with Crippen LogP contribution in [0.15, 0.2) is 0 Å². The molecule has 0 aromatic carbocycles. The maximum atomic E-state index is 13.0. The number of hydrogen-bond donors (Lipinski definition) is 0. The molecule has 0 amide bonds. The Bertz CT molecular complexity index is 1100. The largest absolute Gasteiger partial charge is 0.756 e. The minimum absolute atomic E-state index is 0.0520. The van der Waals surface area contributed by atoms with Gasteiger partial charge in [-0.15, -0.1) is 0 Å². The quantitative estimate of drug-likeness (QED) is 0.226. The average Bonchev–Trinajstić information content (AvgIpc) is 3.69. The van der Waals surface area contributed by atoms with Gasteiger partial charge in [-0.3, -0.25) is 9.13 Å². The van der Waals surface area contributed by atoms with Crippen molar-refractivity contribution < 1.29 is 74.9 Å². The summed E-state index contributed by atoms with van der Waals surface area (Å²) in [5.74, 6) is 0. The van der Waals surface area contributed by atoms with Crippen molar-refractivity contribution in [3.8, 4) is 0 Å². The number of phosphoric acid groups is 2.